The molecule has 56 valence electrons. The van der Waals surface area contributed by atoms with Gasteiger partial charge in [-0.15, -0.1) is 0 Å². The van der Waals surface area contributed by atoms with E-state index in [-0.39, 0.29) is 0 Å². The first kappa shape index (κ1) is 6.61. The second-order valence-corrected chi connectivity index (χ2v) is 2.71. The molecule has 2 aromatic heterocycles. The van der Waals surface area contributed by atoms with Crippen LogP contribution in [0, 0.1) is 6.92 Å². The third-order valence-corrected chi connectivity index (χ3v) is 1.72. The van der Waals surface area contributed by atoms with Crippen LogP contribution < -0.4 is 0 Å². The summed E-state index contributed by atoms with van der Waals surface area (Å²) in [5.74, 6) is 0. The molecule has 3 nitrogen and oxygen atoms in total. The lowest BCUT2D eigenvalue weighted by molar-refractivity contribution is 0.918. The van der Waals surface area contributed by atoms with Crippen LogP contribution >= 0.6 is 11.6 Å². The van der Waals surface area contributed by atoms with Crippen LogP contribution in [0.5, 0.6) is 0 Å². The van der Waals surface area contributed by atoms with Crippen molar-refractivity contribution < 1.29 is 0 Å². The highest BCUT2D eigenvalue weighted by Gasteiger charge is 1.99. The number of hydrogen-bond acceptors (Lipinski definition) is 2. The van der Waals surface area contributed by atoms with Gasteiger partial charge in [-0.05, 0) is 13.0 Å². The normalized spacial score (nSPS) is 10.7. The monoisotopic (exact) mass is 167 g/mol. The Hall–Kier alpha value is -1.09. The van der Waals surface area contributed by atoms with Crippen molar-refractivity contribution in [2.45, 2.75) is 6.92 Å². The molecule has 0 aliphatic heterocycles. The Kier molecular flexibility index (Phi) is 1.32. The van der Waals surface area contributed by atoms with E-state index in [9.17, 15) is 0 Å². The predicted molar refractivity (Wildman–Crippen MR) is 42.7 cm³/mol. The van der Waals surface area contributed by atoms with Crippen molar-refractivity contribution in [1.29, 1.82) is 0 Å². The van der Waals surface area contributed by atoms with Crippen molar-refractivity contribution in [3.63, 3.8) is 0 Å². The third kappa shape index (κ3) is 0.973. The van der Waals surface area contributed by atoms with E-state index >= 15 is 0 Å². The van der Waals surface area contributed by atoms with Crippen LogP contribution in [0.1, 0.15) is 5.69 Å². The molecule has 0 spiro atoms. The first-order chi connectivity index (χ1) is 5.27. The van der Waals surface area contributed by atoms with Gasteiger partial charge in [0.15, 0.2) is 5.65 Å². The van der Waals surface area contributed by atoms with Crippen molar-refractivity contribution >= 4 is 17.2 Å². The maximum absolute atomic E-state index is 5.83. The standard InChI is InChI=1S/C7H6ClN3/c1-5-4-7-9-3-2-6(8)11(7)10-5/h2-4H,1H3. The zero-order chi connectivity index (χ0) is 7.84. The summed E-state index contributed by atoms with van der Waals surface area (Å²) in [6, 6.07) is 3.59. The molecule has 0 atom stereocenters. The largest absolute Gasteiger partial charge is 0.237 e. The average Bonchev–Trinajstić information content (AvgIpc) is 2.31. The van der Waals surface area contributed by atoms with E-state index < -0.39 is 0 Å². The molecule has 0 radical (unpaired) electrons. The van der Waals surface area contributed by atoms with Gasteiger partial charge in [-0.3, -0.25) is 0 Å². The van der Waals surface area contributed by atoms with Crippen LogP contribution in [0.4, 0.5) is 0 Å². The van der Waals surface area contributed by atoms with Gasteiger partial charge in [0.25, 0.3) is 0 Å². The highest BCUT2D eigenvalue weighted by atomic mass is 35.5. The molecule has 2 aromatic rings. The van der Waals surface area contributed by atoms with E-state index in [0.717, 1.165) is 11.3 Å². The second-order valence-electron chi connectivity index (χ2n) is 2.32. The fourth-order valence-electron chi connectivity index (χ4n) is 0.981. The lowest BCUT2D eigenvalue weighted by atomic mass is 10.5. The summed E-state index contributed by atoms with van der Waals surface area (Å²) in [6.07, 6.45) is 1.67. The van der Waals surface area contributed by atoms with E-state index in [0.29, 0.717) is 5.15 Å². The number of aromatic nitrogens is 3. The van der Waals surface area contributed by atoms with E-state index in [1.54, 1.807) is 16.8 Å². The van der Waals surface area contributed by atoms with Crippen LogP contribution in [0.15, 0.2) is 18.3 Å². The number of rotatable bonds is 0. The maximum atomic E-state index is 5.83. The minimum absolute atomic E-state index is 0.586. The summed E-state index contributed by atoms with van der Waals surface area (Å²) < 4.78 is 1.61. The first-order valence-corrected chi connectivity index (χ1v) is 3.62. The molecule has 0 unspecified atom stereocenters. The van der Waals surface area contributed by atoms with Crippen LogP contribution in [-0.4, -0.2) is 14.6 Å². The number of halogens is 1. The van der Waals surface area contributed by atoms with E-state index in [1.165, 1.54) is 0 Å². The number of nitrogens with zero attached hydrogens (tertiary/aromatic N) is 3. The number of hydrogen-bond donors (Lipinski definition) is 0. The van der Waals surface area contributed by atoms with Crippen LogP contribution in [-0.2, 0) is 0 Å². The molecule has 0 N–H and O–H groups in total. The zero-order valence-electron chi connectivity index (χ0n) is 5.95. The smallest absolute Gasteiger partial charge is 0.156 e. The van der Waals surface area contributed by atoms with Crippen molar-refractivity contribution in [1.82, 2.24) is 14.6 Å². The van der Waals surface area contributed by atoms with Gasteiger partial charge in [0.05, 0.1) is 5.69 Å². The fourth-order valence-corrected chi connectivity index (χ4v) is 1.16. The Morgan fingerprint density at radius 3 is 3.09 bits per heavy atom. The molecular weight excluding hydrogens is 162 g/mol. The molecule has 0 aromatic carbocycles. The van der Waals surface area contributed by atoms with Crippen molar-refractivity contribution in [3.05, 3.63) is 29.2 Å². The maximum Gasteiger partial charge on any atom is 0.156 e. The average molecular weight is 168 g/mol. The lowest BCUT2D eigenvalue weighted by Gasteiger charge is -1.92. The molecule has 0 aliphatic rings. The van der Waals surface area contributed by atoms with Gasteiger partial charge in [-0.2, -0.15) is 5.10 Å². The van der Waals surface area contributed by atoms with E-state index in [2.05, 4.69) is 10.1 Å². The summed E-state index contributed by atoms with van der Waals surface area (Å²) in [6.45, 7) is 1.91. The highest BCUT2D eigenvalue weighted by molar-refractivity contribution is 6.29. The van der Waals surface area contributed by atoms with Crippen LogP contribution in [0.2, 0.25) is 5.15 Å². The van der Waals surface area contributed by atoms with E-state index in [1.807, 2.05) is 13.0 Å². The van der Waals surface area contributed by atoms with E-state index in [4.69, 9.17) is 11.6 Å². The zero-order valence-corrected chi connectivity index (χ0v) is 6.71. The molecule has 0 bridgehead atoms. The van der Waals surface area contributed by atoms with Crippen LogP contribution in [0.25, 0.3) is 5.65 Å². The van der Waals surface area contributed by atoms with Gasteiger partial charge in [-0.25, -0.2) is 9.50 Å². The minimum atomic E-state index is 0.586. The molecule has 11 heavy (non-hydrogen) atoms. The highest BCUT2D eigenvalue weighted by Crippen LogP contribution is 2.09. The quantitative estimate of drug-likeness (QED) is 0.559. The lowest BCUT2D eigenvalue weighted by Crippen LogP contribution is -1.90. The molecule has 0 aliphatic carbocycles. The molecule has 0 amide bonds. The Balaban J connectivity index is 2.90. The summed E-state index contributed by atoms with van der Waals surface area (Å²) in [4.78, 5) is 4.08. The van der Waals surface area contributed by atoms with Gasteiger partial charge >= 0.3 is 0 Å². The van der Waals surface area contributed by atoms with Crippen molar-refractivity contribution in [3.8, 4) is 0 Å². The minimum Gasteiger partial charge on any atom is -0.237 e. The first-order valence-electron chi connectivity index (χ1n) is 3.24. The molecule has 0 saturated carbocycles. The van der Waals surface area contributed by atoms with Crippen molar-refractivity contribution in [2.75, 3.05) is 0 Å². The Bertz CT molecular complexity index is 393. The summed E-state index contributed by atoms with van der Waals surface area (Å²) in [5, 5.41) is 4.72. The number of aryl methyl sites for hydroxylation is 1. The summed E-state index contributed by atoms with van der Waals surface area (Å²) in [5.41, 5.74) is 1.71. The second kappa shape index (κ2) is 2.20. The summed E-state index contributed by atoms with van der Waals surface area (Å²) >= 11 is 5.83. The predicted octanol–water partition coefficient (Wildman–Crippen LogP) is 1.69. The van der Waals surface area contributed by atoms with Gasteiger partial charge in [0, 0.05) is 12.3 Å². The Morgan fingerprint density at radius 2 is 2.36 bits per heavy atom. The molecule has 2 heterocycles. The van der Waals surface area contributed by atoms with Crippen LogP contribution in [0.3, 0.4) is 0 Å². The Labute approximate surface area is 68.6 Å². The molecular formula is C7H6ClN3. The van der Waals surface area contributed by atoms with Gasteiger partial charge in [0.1, 0.15) is 5.15 Å². The molecule has 0 fully saturated rings. The van der Waals surface area contributed by atoms with Crippen molar-refractivity contribution in [2.24, 2.45) is 0 Å². The SMILES string of the molecule is Cc1cc2nccc(Cl)n2n1. The third-order valence-electron chi connectivity index (χ3n) is 1.43. The molecule has 0 saturated heterocycles. The van der Waals surface area contributed by atoms with Gasteiger partial charge in [-0.1, -0.05) is 11.6 Å². The molecule has 2 rings (SSSR count). The topological polar surface area (TPSA) is 30.2 Å². The number of fused-ring (bicyclic) bond motifs is 1. The molecule has 4 heteroatoms. The Morgan fingerprint density at radius 1 is 1.55 bits per heavy atom. The fraction of sp³-hybridized carbons (Fsp3) is 0.143. The van der Waals surface area contributed by atoms with Gasteiger partial charge < -0.3 is 0 Å². The van der Waals surface area contributed by atoms with Gasteiger partial charge in [0.2, 0.25) is 0 Å². The summed E-state index contributed by atoms with van der Waals surface area (Å²) in [7, 11) is 0.